The lowest BCUT2D eigenvalue weighted by molar-refractivity contribution is -0.123. The molecule has 0 atom stereocenters. The van der Waals surface area contributed by atoms with E-state index in [1.165, 1.54) is 6.21 Å². The van der Waals surface area contributed by atoms with Crippen LogP contribution in [0.5, 0.6) is 11.5 Å². The molecule has 0 fully saturated rings. The summed E-state index contributed by atoms with van der Waals surface area (Å²) in [4.78, 5) is 11.8. The van der Waals surface area contributed by atoms with Gasteiger partial charge in [0, 0.05) is 10.0 Å². The molecular weight excluding hydrogens is 396 g/mol. The average Bonchev–Trinajstić information content (AvgIpc) is 2.51. The normalized spacial score (nSPS) is 10.8. The molecule has 7 heteroatoms. The molecule has 2 aromatic rings. The van der Waals surface area contributed by atoms with Crippen LogP contribution >= 0.6 is 27.5 Å². The molecular formula is C17H16BrClN2O3. The number of hydrogen-bond donors (Lipinski definition) is 2. The number of hydrogen-bond acceptors (Lipinski definition) is 4. The molecule has 0 aromatic heterocycles. The Morgan fingerprint density at radius 3 is 2.71 bits per heavy atom. The fourth-order valence-electron chi connectivity index (χ4n) is 2.05. The first-order valence-corrected chi connectivity index (χ1v) is 8.24. The molecule has 2 N–H and O–H groups in total. The number of aromatic hydroxyl groups is 1. The molecule has 0 heterocycles. The summed E-state index contributed by atoms with van der Waals surface area (Å²) in [6.07, 6.45) is 1.31. The van der Waals surface area contributed by atoms with Crippen LogP contribution in [0.25, 0.3) is 0 Å². The Kier molecular flexibility index (Phi) is 6.23. The Balaban J connectivity index is 1.94. The van der Waals surface area contributed by atoms with Gasteiger partial charge in [-0.25, -0.2) is 5.43 Å². The highest BCUT2D eigenvalue weighted by Gasteiger charge is 2.08. The topological polar surface area (TPSA) is 70.9 Å². The highest BCUT2D eigenvalue weighted by atomic mass is 79.9. The average molecular weight is 412 g/mol. The van der Waals surface area contributed by atoms with Crippen molar-refractivity contribution in [1.82, 2.24) is 5.43 Å². The molecule has 126 valence electrons. The highest BCUT2D eigenvalue weighted by molar-refractivity contribution is 9.10. The number of halogens is 2. The van der Waals surface area contributed by atoms with Crippen LogP contribution in [0.15, 0.2) is 39.9 Å². The van der Waals surface area contributed by atoms with Gasteiger partial charge in [-0.3, -0.25) is 4.79 Å². The summed E-state index contributed by atoms with van der Waals surface area (Å²) in [5, 5.41) is 13.8. The van der Waals surface area contributed by atoms with Gasteiger partial charge in [0.15, 0.2) is 6.61 Å². The van der Waals surface area contributed by atoms with Crippen molar-refractivity contribution in [3.05, 3.63) is 56.5 Å². The summed E-state index contributed by atoms with van der Waals surface area (Å²) < 4.78 is 6.22. The SMILES string of the molecule is Cc1cccc(C)c1OCC(=O)NN=Cc1cc(Br)cc(Cl)c1O. The minimum absolute atomic E-state index is 0.107. The zero-order valence-corrected chi connectivity index (χ0v) is 15.5. The Morgan fingerprint density at radius 2 is 2.04 bits per heavy atom. The van der Waals surface area contributed by atoms with E-state index in [0.29, 0.717) is 15.8 Å². The van der Waals surface area contributed by atoms with Gasteiger partial charge in [-0.1, -0.05) is 45.7 Å². The third-order valence-electron chi connectivity index (χ3n) is 3.21. The van der Waals surface area contributed by atoms with E-state index in [-0.39, 0.29) is 17.4 Å². The molecule has 5 nitrogen and oxygen atoms in total. The van der Waals surface area contributed by atoms with Gasteiger partial charge in [-0.2, -0.15) is 5.10 Å². The lowest BCUT2D eigenvalue weighted by Gasteiger charge is -2.10. The number of hydrazone groups is 1. The first kappa shape index (κ1) is 18.3. The number of carbonyl (C=O) groups excluding carboxylic acids is 1. The lowest BCUT2D eigenvalue weighted by atomic mass is 10.1. The molecule has 24 heavy (non-hydrogen) atoms. The number of nitrogens with one attached hydrogen (secondary N) is 1. The maximum absolute atomic E-state index is 11.8. The van der Waals surface area contributed by atoms with Crippen molar-refractivity contribution in [2.24, 2.45) is 5.10 Å². The van der Waals surface area contributed by atoms with Gasteiger partial charge in [0.1, 0.15) is 11.5 Å². The van der Waals surface area contributed by atoms with E-state index in [4.69, 9.17) is 16.3 Å². The van der Waals surface area contributed by atoms with E-state index in [1.54, 1.807) is 12.1 Å². The van der Waals surface area contributed by atoms with Crippen LogP contribution < -0.4 is 10.2 Å². The molecule has 0 unspecified atom stereocenters. The van der Waals surface area contributed by atoms with Gasteiger partial charge < -0.3 is 9.84 Å². The number of aryl methyl sites for hydroxylation is 2. The van der Waals surface area contributed by atoms with Crippen molar-refractivity contribution in [1.29, 1.82) is 0 Å². The largest absolute Gasteiger partial charge is 0.506 e. The molecule has 0 spiro atoms. The summed E-state index contributed by atoms with van der Waals surface area (Å²) in [6.45, 7) is 3.67. The summed E-state index contributed by atoms with van der Waals surface area (Å²) >= 11 is 9.13. The molecule has 0 aliphatic heterocycles. The number of ether oxygens (including phenoxy) is 1. The number of benzene rings is 2. The number of phenols is 1. The fraction of sp³-hybridized carbons (Fsp3) is 0.176. The number of nitrogens with zero attached hydrogens (tertiary/aromatic N) is 1. The van der Waals surface area contributed by atoms with E-state index >= 15 is 0 Å². The number of rotatable bonds is 5. The van der Waals surface area contributed by atoms with Crippen molar-refractivity contribution in [3.63, 3.8) is 0 Å². The van der Waals surface area contributed by atoms with Crippen LogP contribution in [0.2, 0.25) is 5.02 Å². The van der Waals surface area contributed by atoms with E-state index in [9.17, 15) is 9.90 Å². The highest BCUT2D eigenvalue weighted by Crippen LogP contribution is 2.30. The Hall–Kier alpha value is -2.05. The van der Waals surface area contributed by atoms with E-state index in [2.05, 4.69) is 26.5 Å². The van der Waals surface area contributed by atoms with Crippen LogP contribution in [-0.2, 0) is 4.79 Å². The minimum Gasteiger partial charge on any atom is -0.506 e. The molecule has 0 radical (unpaired) electrons. The molecule has 0 bridgehead atoms. The van der Waals surface area contributed by atoms with Crippen LogP contribution in [0.3, 0.4) is 0 Å². The predicted molar refractivity (Wildman–Crippen MR) is 98.0 cm³/mol. The summed E-state index contributed by atoms with van der Waals surface area (Å²) in [7, 11) is 0. The molecule has 0 saturated carbocycles. The summed E-state index contributed by atoms with van der Waals surface area (Å²) in [6, 6.07) is 8.95. The minimum atomic E-state index is -0.408. The Bertz CT molecular complexity index is 773. The smallest absolute Gasteiger partial charge is 0.277 e. The molecule has 2 rings (SSSR count). The number of amides is 1. The first-order chi connectivity index (χ1) is 11.4. The molecule has 2 aromatic carbocycles. The molecule has 0 aliphatic carbocycles. The maximum Gasteiger partial charge on any atom is 0.277 e. The molecule has 0 aliphatic rings. The Morgan fingerprint density at radius 1 is 1.38 bits per heavy atom. The van der Waals surface area contributed by atoms with Gasteiger partial charge in [0.05, 0.1) is 11.2 Å². The summed E-state index contributed by atoms with van der Waals surface area (Å²) in [5.41, 5.74) is 4.64. The third-order valence-corrected chi connectivity index (χ3v) is 3.95. The number of carbonyl (C=O) groups is 1. The van der Waals surface area contributed by atoms with Gasteiger partial charge in [-0.05, 0) is 37.1 Å². The van der Waals surface area contributed by atoms with Crippen LogP contribution in [0, 0.1) is 13.8 Å². The monoisotopic (exact) mass is 410 g/mol. The lowest BCUT2D eigenvalue weighted by Crippen LogP contribution is -2.25. The third kappa shape index (κ3) is 4.72. The van der Waals surface area contributed by atoms with Gasteiger partial charge in [0.25, 0.3) is 5.91 Å². The number of phenolic OH excluding ortho intramolecular Hbond substituents is 1. The van der Waals surface area contributed by atoms with Crippen molar-refractivity contribution in [3.8, 4) is 11.5 Å². The molecule has 0 saturated heterocycles. The van der Waals surface area contributed by atoms with E-state index in [0.717, 1.165) is 11.1 Å². The fourth-order valence-corrected chi connectivity index (χ4v) is 2.89. The van der Waals surface area contributed by atoms with Crippen molar-refractivity contribution in [2.75, 3.05) is 6.61 Å². The van der Waals surface area contributed by atoms with Crippen molar-refractivity contribution >= 4 is 39.7 Å². The van der Waals surface area contributed by atoms with Crippen LogP contribution in [-0.4, -0.2) is 23.8 Å². The van der Waals surface area contributed by atoms with Crippen LogP contribution in [0.4, 0.5) is 0 Å². The standard InChI is InChI=1S/C17H16BrClN2O3/c1-10-4-3-5-11(2)17(10)24-9-15(22)21-20-8-12-6-13(18)7-14(19)16(12)23/h3-8,23H,9H2,1-2H3,(H,21,22). The predicted octanol–water partition coefficient (Wildman–Crippen LogP) is 3.95. The van der Waals surface area contributed by atoms with E-state index < -0.39 is 5.91 Å². The zero-order valence-electron chi connectivity index (χ0n) is 13.1. The number of para-hydroxylation sites is 1. The summed E-state index contributed by atoms with van der Waals surface area (Å²) in [5.74, 6) is 0.173. The van der Waals surface area contributed by atoms with Gasteiger partial charge in [-0.15, -0.1) is 0 Å². The second-order valence-electron chi connectivity index (χ2n) is 5.13. The van der Waals surface area contributed by atoms with E-state index in [1.807, 2.05) is 32.0 Å². The van der Waals surface area contributed by atoms with Gasteiger partial charge in [0.2, 0.25) is 0 Å². The van der Waals surface area contributed by atoms with Gasteiger partial charge >= 0.3 is 0 Å². The second kappa shape index (κ2) is 8.17. The molecule has 1 amide bonds. The quantitative estimate of drug-likeness (QED) is 0.578. The zero-order chi connectivity index (χ0) is 17.7. The van der Waals surface area contributed by atoms with Crippen molar-refractivity contribution in [2.45, 2.75) is 13.8 Å². The Labute approximate surface area is 153 Å². The maximum atomic E-state index is 11.8. The second-order valence-corrected chi connectivity index (χ2v) is 6.45. The van der Waals surface area contributed by atoms with Crippen LogP contribution in [0.1, 0.15) is 16.7 Å². The van der Waals surface area contributed by atoms with Crippen molar-refractivity contribution < 1.29 is 14.6 Å². The first-order valence-electron chi connectivity index (χ1n) is 7.07.